The number of rotatable bonds is 9. The van der Waals surface area contributed by atoms with Gasteiger partial charge in [0.1, 0.15) is 18.1 Å². The molecule has 0 bridgehead atoms. The topological polar surface area (TPSA) is 66.9 Å². The predicted molar refractivity (Wildman–Crippen MR) is 138 cm³/mol. The Morgan fingerprint density at radius 3 is 2.22 bits per heavy atom. The van der Waals surface area contributed by atoms with Gasteiger partial charge >= 0.3 is 0 Å². The van der Waals surface area contributed by atoms with Crippen molar-refractivity contribution in [3.63, 3.8) is 0 Å². The molecular formula is C28H31FN2O4S. The van der Waals surface area contributed by atoms with E-state index in [2.05, 4.69) is 12.1 Å². The van der Waals surface area contributed by atoms with Crippen molar-refractivity contribution in [2.45, 2.75) is 31.1 Å². The number of ether oxygens (including phenoxy) is 1. The average Bonchev–Trinajstić information content (AvgIpc) is 2.89. The molecule has 4 rings (SSSR count). The van der Waals surface area contributed by atoms with E-state index in [1.54, 1.807) is 29.2 Å². The van der Waals surface area contributed by atoms with Crippen molar-refractivity contribution in [3.05, 3.63) is 90.2 Å². The van der Waals surface area contributed by atoms with E-state index >= 15 is 0 Å². The molecule has 1 aliphatic heterocycles. The Morgan fingerprint density at radius 1 is 0.972 bits per heavy atom. The van der Waals surface area contributed by atoms with Gasteiger partial charge in [-0.15, -0.1) is 0 Å². The van der Waals surface area contributed by atoms with Crippen LogP contribution in [0.15, 0.2) is 83.8 Å². The third-order valence-electron chi connectivity index (χ3n) is 6.45. The van der Waals surface area contributed by atoms with Crippen molar-refractivity contribution in [3.8, 4) is 5.75 Å². The van der Waals surface area contributed by atoms with Crippen molar-refractivity contribution in [2.24, 2.45) is 5.92 Å². The molecule has 36 heavy (non-hydrogen) atoms. The Balaban J connectivity index is 1.50. The number of hydrogen-bond donors (Lipinski definition) is 0. The van der Waals surface area contributed by atoms with Crippen LogP contribution in [-0.4, -0.2) is 45.5 Å². The zero-order chi connectivity index (χ0) is 25.5. The number of nitrogens with zero attached hydrogens (tertiary/aromatic N) is 2. The first-order valence-electron chi connectivity index (χ1n) is 12.2. The highest BCUT2D eigenvalue weighted by Crippen LogP contribution is 2.27. The third-order valence-corrected chi connectivity index (χ3v) is 8.24. The molecule has 1 fully saturated rings. The molecule has 1 aliphatic rings. The zero-order valence-corrected chi connectivity index (χ0v) is 21.2. The number of piperidine rings is 1. The molecule has 1 heterocycles. The van der Waals surface area contributed by atoms with E-state index in [0.29, 0.717) is 37.1 Å². The first-order valence-corrected chi connectivity index (χ1v) is 13.6. The van der Waals surface area contributed by atoms with Crippen LogP contribution in [0.3, 0.4) is 0 Å². The molecule has 1 amide bonds. The van der Waals surface area contributed by atoms with Crippen LogP contribution in [0.5, 0.6) is 5.75 Å². The lowest BCUT2D eigenvalue weighted by Crippen LogP contribution is -2.46. The lowest BCUT2D eigenvalue weighted by atomic mass is 9.90. The Kier molecular flexibility index (Phi) is 8.25. The number of benzene rings is 3. The number of carbonyl (C=O) groups excluding carboxylic acids is 1. The number of likely N-dealkylation sites (tertiary alicyclic amines) is 1. The molecule has 3 aromatic rings. The van der Waals surface area contributed by atoms with Crippen LogP contribution < -0.4 is 9.04 Å². The summed E-state index contributed by atoms with van der Waals surface area (Å²) in [4.78, 5) is 14.9. The second-order valence-corrected chi connectivity index (χ2v) is 10.8. The van der Waals surface area contributed by atoms with Gasteiger partial charge in [0.15, 0.2) is 0 Å². The minimum atomic E-state index is -4.10. The van der Waals surface area contributed by atoms with Gasteiger partial charge in [-0.1, -0.05) is 30.3 Å². The Bertz CT molecular complexity index is 1240. The van der Waals surface area contributed by atoms with Crippen LogP contribution in [0.2, 0.25) is 0 Å². The standard InChI is InChI=1S/C28H31FN2O4S/c1-2-35-26-12-10-25(11-13-26)31(36(33,34)27-14-8-24(29)9-15-27)21-28(32)30-18-16-23(17-19-30)20-22-6-4-3-5-7-22/h3-15,23H,2,16-21H2,1H3. The summed E-state index contributed by atoms with van der Waals surface area (Å²) in [6.07, 6.45) is 2.71. The zero-order valence-electron chi connectivity index (χ0n) is 20.3. The SMILES string of the molecule is CCOc1ccc(N(CC(=O)N2CCC(Cc3ccccc3)CC2)S(=O)(=O)c2ccc(F)cc2)cc1. The quantitative estimate of drug-likeness (QED) is 0.411. The molecule has 6 nitrogen and oxygen atoms in total. The van der Waals surface area contributed by atoms with Crippen LogP contribution >= 0.6 is 0 Å². The molecule has 0 unspecified atom stereocenters. The Labute approximate surface area is 212 Å². The summed E-state index contributed by atoms with van der Waals surface area (Å²) in [7, 11) is -4.10. The number of halogens is 1. The fraction of sp³-hybridized carbons (Fsp3) is 0.321. The number of carbonyl (C=O) groups is 1. The lowest BCUT2D eigenvalue weighted by Gasteiger charge is -2.34. The molecule has 0 atom stereocenters. The molecule has 0 saturated carbocycles. The van der Waals surface area contributed by atoms with E-state index in [-0.39, 0.29) is 17.3 Å². The van der Waals surface area contributed by atoms with E-state index in [0.717, 1.165) is 35.7 Å². The molecule has 0 aliphatic carbocycles. The fourth-order valence-electron chi connectivity index (χ4n) is 4.48. The van der Waals surface area contributed by atoms with Gasteiger partial charge < -0.3 is 9.64 Å². The van der Waals surface area contributed by atoms with Crippen molar-refractivity contribution in [1.29, 1.82) is 0 Å². The summed E-state index contributed by atoms with van der Waals surface area (Å²) in [6, 6.07) is 21.5. The molecular weight excluding hydrogens is 479 g/mol. The maximum atomic E-state index is 13.5. The maximum Gasteiger partial charge on any atom is 0.264 e. The highest BCUT2D eigenvalue weighted by atomic mass is 32.2. The Hall–Kier alpha value is -3.39. The summed E-state index contributed by atoms with van der Waals surface area (Å²) < 4.78 is 47.1. The minimum absolute atomic E-state index is 0.0767. The first kappa shape index (κ1) is 25.7. The predicted octanol–water partition coefficient (Wildman–Crippen LogP) is 4.90. The van der Waals surface area contributed by atoms with Gasteiger partial charge in [0.2, 0.25) is 5.91 Å². The molecule has 0 radical (unpaired) electrons. The normalized spacial score (nSPS) is 14.4. The number of hydrogen-bond acceptors (Lipinski definition) is 4. The van der Waals surface area contributed by atoms with Crippen LogP contribution in [0.4, 0.5) is 10.1 Å². The highest BCUT2D eigenvalue weighted by Gasteiger charge is 2.30. The van der Waals surface area contributed by atoms with E-state index in [4.69, 9.17) is 4.74 Å². The van der Waals surface area contributed by atoms with Crippen molar-refractivity contribution < 1.29 is 22.3 Å². The van der Waals surface area contributed by atoms with Crippen LogP contribution in [0.25, 0.3) is 0 Å². The molecule has 1 saturated heterocycles. The smallest absolute Gasteiger partial charge is 0.264 e. The van der Waals surface area contributed by atoms with E-state index in [9.17, 15) is 17.6 Å². The van der Waals surface area contributed by atoms with Crippen molar-refractivity contribution in [1.82, 2.24) is 4.90 Å². The van der Waals surface area contributed by atoms with E-state index in [1.165, 1.54) is 17.7 Å². The average molecular weight is 511 g/mol. The van der Waals surface area contributed by atoms with Gasteiger partial charge in [-0.2, -0.15) is 0 Å². The molecule has 0 aromatic heterocycles. The molecule has 0 spiro atoms. The lowest BCUT2D eigenvalue weighted by molar-refractivity contribution is -0.130. The van der Waals surface area contributed by atoms with Gasteiger partial charge in [-0.25, -0.2) is 12.8 Å². The monoisotopic (exact) mass is 510 g/mol. The first-order chi connectivity index (χ1) is 17.4. The largest absolute Gasteiger partial charge is 0.494 e. The van der Waals surface area contributed by atoms with Crippen LogP contribution in [-0.2, 0) is 21.2 Å². The number of anilines is 1. The van der Waals surface area contributed by atoms with E-state index < -0.39 is 15.8 Å². The third kappa shape index (κ3) is 6.23. The van der Waals surface area contributed by atoms with Gasteiger partial charge in [-0.3, -0.25) is 9.10 Å². The maximum absolute atomic E-state index is 13.5. The van der Waals surface area contributed by atoms with Crippen LogP contribution in [0.1, 0.15) is 25.3 Å². The highest BCUT2D eigenvalue weighted by molar-refractivity contribution is 7.92. The summed E-state index contributed by atoms with van der Waals surface area (Å²) in [5, 5.41) is 0. The Morgan fingerprint density at radius 2 is 1.61 bits per heavy atom. The number of sulfonamides is 1. The van der Waals surface area contributed by atoms with Crippen LogP contribution in [0, 0.1) is 11.7 Å². The molecule has 8 heteroatoms. The fourth-order valence-corrected chi connectivity index (χ4v) is 5.90. The van der Waals surface area contributed by atoms with Gasteiger partial charge in [-0.05, 0) is 86.2 Å². The van der Waals surface area contributed by atoms with Crippen molar-refractivity contribution in [2.75, 3.05) is 30.5 Å². The number of amides is 1. The summed E-state index contributed by atoms with van der Waals surface area (Å²) >= 11 is 0. The van der Waals surface area contributed by atoms with Gasteiger partial charge in [0.25, 0.3) is 10.0 Å². The molecule has 0 N–H and O–H groups in total. The summed E-state index contributed by atoms with van der Waals surface area (Å²) in [5.74, 6) is 0.303. The second-order valence-electron chi connectivity index (χ2n) is 8.91. The summed E-state index contributed by atoms with van der Waals surface area (Å²) in [5.41, 5.74) is 1.63. The van der Waals surface area contributed by atoms with Crippen molar-refractivity contribution >= 4 is 21.6 Å². The van der Waals surface area contributed by atoms with Gasteiger partial charge in [0.05, 0.1) is 17.2 Å². The molecule has 3 aromatic carbocycles. The summed E-state index contributed by atoms with van der Waals surface area (Å²) in [6.45, 7) is 3.18. The van der Waals surface area contributed by atoms with Gasteiger partial charge in [0, 0.05) is 13.1 Å². The minimum Gasteiger partial charge on any atom is -0.494 e. The van der Waals surface area contributed by atoms with E-state index in [1.807, 2.05) is 25.1 Å². The second kappa shape index (κ2) is 11.6. The molecule has 190 valence electrons.